The molecule has 0 aromatic carbocycles. The highest BCUT2D eigenvalue weighted by Gasteiger charge is 2.20. The van der Waals surface area contributed by atoms with Gasteiger partial charge in [-0.05, 0) is 12.8 Å². The third-order valence-corrected chi connectivity index (χ3v) is 1.70. The quantitative estimate of drug-likeness (QED) is 0.600. The van der Waals surface area contributed by atoms with E-state index >= 15 is 0 Å². The van der Waals surface area contributed by atoms with Crippen LogP contribution in [0, 0.1) is 17.8 Å². The maximum Gasteiger partial charge on any atom is 0.306 e. The predicted molar refractivity (Wildman–Crippen MR) is 36.3 cm³/mol. The second-order valence-electron chi connectivity index (χ2n) is 2.32. The van der Waals surface area contributed by atoms with Crippen LogP contribution < -0.4 is 0 Å². The highest BCUT2D eigenvalue weighted by atomic mass is 16.4. The molecule has 0 aromatic rings. The minimum absolute atomic E-state index is 0.0185. The maximum atomic E-state index is 10.2. The zero-order valence-corrected chi connectivity index (χ0v) is 5.79. The minimum atomic E-state index is -0.609. The van der Waals surface area contributed by atoms with E-state index in [1.54, 1.807) is 0 Å². The average molecular weight is 141 g/mol. The molecule has 0 amide bonds. The van der Waals surface area contributed by atoms with E-state index in [0.29, 0.717) is 0 Å². The summed E-state index contributed by atoms with van der Waals surface area (Å²) in [6.45, 7) is 3.50. The Kier molecular flexibility index (Phi) is 4.30. The molecular formula is C7H11NO2. The summed E-state index contributed by atoms with van der Waals surface area (Å²) in [5, 5.41) is 14.9. The summed E-state index contributed by atoms with van der Waals surface area (Å²) in [6.07, 6.45) is 4.01. The summed E-state index contributed by atoms with van der Waals surface area (Å²) in [6, 6.07) is 0. The highest BCUT2D eigenvalue weighted by Crippen LogP contribution is 2.24. The number of hydrogen-bond donors (Lipinski definition) is 1. The third-order valence-electron chi connectivity index (χ3n) is 1.70. The second-order valence-corrected chi connectivity index (χ2v) is 2.32. The van der Waals surface area contributed by atoms with E-state index in [9.17, 15) is 4.79 Å². The maximum absolute atomic E-state index is 10.2. The second kappa shape index (κ2) is 4.80. The van der Waals surface area contributed by atoms with Crippen molar-refractivity contribution in [2.45, 2.75) is 25.7 Å². The lowest BCUT2D eigenvalue weighted by Crippen LogP contribution is -2.07. The summed E-state index contributed by atoms with van der Waals surface area (Å²) < 4.78 is 0. The van der Waals surface area contributed by atoms with Crippen LogP contribution >= 0.6 is 0 Å². The Balaban J connectivity index is 0.000000371. The van der Waals surface area contributed by atoms with Crippen molar-refractivity contribution in [2.24, 2.45) is 5.92 Å². The number of rotatable bonds is 1. The van der Waals surface area contributed by atoms with Crippen LogP contribution in [-0.4, -0.2) is 11.1 Å². The van der Waals surface area contributed by atoms with E-state index in [4.69, 9.17) is 10.4 Å². The third kappa shape index (κ3) is 2.49. The molecule has 3 heteroatoms. The molecular weight excluding hydrogens is 130 g/mol. The van der Waals surface area contributed by atoms with Gasteiger partial charge in [-0.15, -0.1) is 0 Å². The van der Waals surface area contributed by atoms with Gasteiger partial charge in [0.1, 0.15) is 0 Å². The fourth-order valence-corrected chi connectivity index (χ4v) is 1.17. The molecule has 0 bridgehead atoms. The number of hydrogen-bond acceptors (Lipinski definition) is 2. The first-order valence-corrected chi connectivity index (χ1v) is 3.29. The molecule has 0 aliphatic heterocycles. The Morgan fingerprint density at radius 1 is 1.40 bits per heavy atom. The van der Waals surface area contributed by atoms with Gasteiger partial charge >= 0.3 is 5.97 Å². The highest BCUT2D eigenvalue weighted by molar-refractivity contribution is 5.70. The molecule has 1 aliphatic rings. The Hall–Kier alpha value is -1.04. The van der Waals surface area contributed by atoms with Crippen LogP contribution in [0.3, 0.4) is 0 Å². The van der Waals surface area contributed by atoms with Crippen molar-refractivity contribution >= 4 is 5.97 Å². The van der Waals surface area contributed by atoms with Crippen molar-refractivity contribution in [3.63, 3.8) is 0 Å². The van der Waals surface area contributed by atoms with Gasteiger partial charge in [-0.25, -0.2) is 5.26 Å². The smallest absolute Gasteiger partial charge is 0.306 e. The van der Waals surface area contributed by atoms with Gasteiger partial charge in [-0.1, -0.05) is 12.8 Å². The molecule has 1 saturated carbocycles. The largest absolute Gasteiger partial charge is 0.481 e. The molecule has 0 aromatic heterocycles. The predicted octanol–water partition coefficient (Wildman–Crippen LogP) is 1.40. The van der Waals surface area contributed by atoms with Gasteiger partial charge in [0.05, 0.1) is 5.92 Å². The molecule has 1 aliphatic carbocycles. The number of nitrogens with zero attached hydrogens (tertiary/aromatic N) is 1. The Labute approximate surface area is 60.3 Å². The monoisotopic (exact) mass is 141 g/mol. The Bertz CT molecular complexity index is 125. The molecule has 3 nitrogen and oxygen atoms in total. The van der Waals surface area contributed by atoms with Gasteiger partial charge in [0.2, 0.25) is 0 Å². The number of nitriles is 1. The molecule has 0 saturated heterocycles. The van der Waals surface area contributed by atoms with Crippen molar-refractivity contribution in [1.29, 1.82) is 5.26 Å². The van der Waals surface area contributed by atoms with Gasteiger partial charge in [0.15, 0.2) is 0 Å². The van der Waals surface area contributed by atoms with Gasteiger partial charge < -0.3 is 5.11 Å². The van der Waals surface area contributed by atoms with E-state index in [2.05, 4.69) is 6.57 Å². The van der Waals surface area contributed by atoms with Crippen molar-refractivity contribution in [3.8, 4) is 6.57 Å². The molecule has 0 unspecified atom stereocenters. The van der Waals surface area contributed by atoms with Crippen molar-refractivity contribution < 1.29 is 9.90 Å². The molecule has 1 N–H and O–H groups in total. The first kappa shape index (κ1) is 8.96. The van der Waals surface area contributed by atoms with Gasteiger partial charge in [-0.3, -0.25) is 4.79 Å². The van der Waals surface area contributed by atoms with Crippen LogP contribution in [0.15, 0.2) is 0 Å². The number of carbonyl (C=O) groups is 1. The fraction of sp³-hybridized carbons (Fsp3) is 0.714. The van der Waals surface area contributed by atoms with E-state index < -0.39 is 5.97 Å². The summed E-state index contributed by atoms with van der Waals surface area (Å²) >= 11 is 0. The van der Waals surface area contributed by atoms with E-state index in [-0.39, 0.29) is 5.92 Å². The molecule has 0 spiro atoms. The topological polar surface area (TPSA) is 61.1 Å². The van der Waals surface area contributed by atoms with Crippen molar-refractivity contribution in [3.05, 3.63) is 0 Å². The standard InChI is InChI=1S/C6H10O2.CHN/c7-6(8)5-3-1-2-4-5;1-2/h5H,1-4H2,(H,7,8);1H. The van der Waals surface area contributed by atoms with Gasteiger partial charge in [-0.2, -0.15) is 0 Å². The molecule has 56 valence electrons. The van der Waals surface area contributed by atoms with Crippen LogP contribution in [0.25, 0.3) is 0 Å². The number of carboxylic acid groups (broad SMARTS) is 1. The number of carboxylic acids is 1. The Morgan fingerprint density at radius 2 is 1.80 bits per heavy atom. The van der Waals surface area contributed by atoms with Crippen molar-refractivity contribution in [2.75, 3.05) is 0 Å². The lowest BCUT2D eigenvalue weighted by Gasteiger charge is -1.97. The van der Waals surface area contributed by atoms with E-state index in [1.165, 1.54) is 0 Å². The lowest BCUT2D eigenvalue weighted by molar-refractivity contribution is -0.141. The summed E-state index contributed by atoms with van der Waals surface area (Å²) in [5.74, 6) is -0.627. The van der Waals surface area contributed by atoms with E-state index in [0.717, 1.165) is 25.7 Å². The summed E-state index contributed by atoms with van der Waals surface area (Å²) in [7, 11) is 0. The van der Waals surface area contributed by atoms with Crippen LogP contribution in [0.5, 0.6) is 0 Å². The van der Waals surface area contributed by atoms with Crippen LogP contribution in [0.4, 0.5) is 0 Å². The first-order valence-electron chi connectivity index (χ1n) is 3.29. The molecule has 10 heavy (non-hydrogen) atoms. The van der Waals surface area contributed by atoms with Crippen LogP contribution in [-0.2, 0) is 4.79 Å². The summed E-state index contributed by atoms with van der Waals surface area (Å²) in [4.78, 5) is 10.2. The molecule has 0 radical (unpaired) electrons. The van der Waals surface area contributed by atoms with Gasteiger partial charge in [0.25, 0.3) is 0 Å². The van der Waals surface area contributed by atoms with Crippen molar-refractivity contribution in [1.82, 2.24) is 0 Å². The van der Waals surface area contributed by atoms with Gasteiger partial charge in [0, 0.05) is 6.57 Å². The molecule has 0 atom stereocenters. The molecule has 1 rings (SSSR count). The molecule has 0 heterocycles. The first-order chi connectivity index (χ1) is 4.80. The lowest BCUT2D eigenvalue weighted by atomic mass is 10.1. The van der Waals surface area contributed by atoms with Crippen LogP contribution in [0.1, 0.15) is 25.7 Å². The number of aliphatic carboxylic acids is 1. The molecule has 1 fully saturated rings. The minimum Gasteiger partial charge on any atom is -0.481 e. The summed E-state index contributed by atoms with van der Waals surface area (Å²) in [5.41, 5.74) is 0. The fourth-order valence-electron chi connectivity index (χ4n) is 1.17. The zero-order valence-electron chi connectivity index (χ0n) is 5.79. The average Bonchev–Trinajstić information content (AvgIpc) is 2.42. The normalized spacial score (nSPS) is 17.4. The van der Waals surface area contributed by atoms with E-state index in [1.807, 2.05) is 0 Å². The Morgan fingerprint density at radius 3 is 2.00 bits per heavy atom. The SMILES string of the molecule is C#N.O=C(O)C1CCCC1. The zero-order chi connectivity index (χ0) is 7.98. The van der Waals surface area contributed by atoms with Crippen LogP contribution in [0.2, 0.25) is 0 Å².